The van der Waals surface area contributed by atoms with Gasteiger partial charge in [-0.15, -0.1) is 0 Å². The molecule has 2 N–H and O–H groups in total. The van der Waals surface area contributed by atoms with Crippen molar-refractivity contribution in [2.75, 3.05) is 5.32 Å². The molecule has 0 bridgehead atoms. The second kappa shape index (κ2) is 5.51. The van der Waals surface area contributed by atoms with Crippen molar-refractivity contribution in [1.82, 2.24) is 0 Å². The number of carbonyl (C=O) groups is 1. The largest absolute Gasteiger partial charge is 0.506 e. The van der Waals surface area contributed by atoms with E-state index in [9.17, 15) is 9.90 Å². The number of benzene rings is 1. The number of phenols is 1. The summed E-state index contributed by atoms with van der Waals surface area (Å²) in [5.74, 6) is 0.102. The van der Waals surface area contributed by atoms with E-state index in [2.05, 4.69) is 37.2 Å². The molecule has 0 fully saturated rings. The summed E-state index contributed by atoms with van der Waals surface area (Å²) in [6.45, 7) is 1.95. The molecule has 3 nitrogen and oxygen atoms in total. The summed E-state index contributed by atoms with van der Waals surface area (Å²) in [6, 6.07) is 3.32. The lowest BCUT2D eigenvalue weighted by molar-refractivity contribution is -0.116. The molecule has 0 unspecified atom stereocenters. The van der Waals surface area contributed by atoms with E-state index in [1.54, 1.807) is 12.1 Å². The minimum atomic E-state index is -0.0259. The van der Waals surface area contributed by atoms with E-state index in [0.29, 0.717) is 21.1 Å². The molecular formula is C10H11Br2NO2. The van der Waals surface area contributed by atoms with E-state index in [4.69, 9.17) is 0 Å². The number of nitrogens with one attached hydrogen (secondary N) is 1. The second-order valence-corrected chi connectivity index (χ2v) is 4.80. The fourth-order valence-corrected chi connectivity index (χ4v) is 2.27. The van der Waals surface area contributed by atoms with E-state index in [1.807, 2.05) is 6.92 Å². The summed E-state index contributed by atoms with van der Waals surface area (Å²) in [5, 5.41) is 12.2. The molecule has 0 aromatic heterocycles. The van der Waals surface area contributed by atoms with Crippen LogP contribution in [0.25, 0.3) is 0 Å². The second-order valence-electron chi connectivity index (χ2n) is 3.09. The molecule has 0 atom stereocenters. The van der Waals surface area contributed by atoms with Gasteiger partial charge in [-0.3, -0.25) is 4.79 Å². The molecule has 1 aromatic carbocycles. The normalized spacial score (nSPS) is 10.1. The van der Waals surface area contributed by atoms with Gasteiger partial charge in [0.25, 0.3) is 0 Å². The highest BCUT2D eigenvalue weighted by atomic mass is 79.9. The van der Waals surface area contributed by atoms with Crippen molar-refractivity contribution in [2.45, 2.75) is 19.8 Å². The standard InChI is InChI=1S/C10H11Br2NO2/c1-2-3-9(14)13-6-4-7(11)10(15)8(12)5-6/h4-5,15H,2-3H2,1H3,(H,13,14). The van der Waals surface area contributed by atoms with E-state index in [0.717, 1.165) is 6.42 Å². The lowest BCUT2D eigenvalue weighted by Crippen LogP contribution is -2.10. The quantitative estimate of drug-likeness (QED) is 0.827. The van der Waals surface area contributed by atoms with Gasteiger partial charge in [-0.25, -0.2) is 0 Å². The van der Waals surface area contributed by atoms with Crippen LogP contribution < -0.4 is 5.32 Å². The maximum absolute atomic E-state index is 11.3. The van der Waals surface area contributed by atoms with Gasteiger partial charge >= 0.3 is 0 Å². The fourth-order valence-electron chi connectivity index (χ4n) is 1.09. The zero-order valence-electron chi connectivity index (χ0n) is 8.18. The topological polar surface area (TPSA) is 49.3 Å². The van der Waals surface area contributed by atoms with Crippen LogP contribution in [0, 0.1) is 0 Å². The lowest BCUT2D eigenvalue weighted by atomic mass is 10.2. The van der Waals surface area contributed by atoms with Gasteiger partial charge in [-0.1, -0.05) is 6.92 Å². The van der Waals surface area contributed by atoms with Gasteiger partial charge in [0.1, 0.15) is 5.75 Å². The van der Waals surface area contributed by atoms with E-state index >= 15 is 0 Å². The SMILES string of the molecule is CCCC(=O)Nc1cc(Br)c(O)c(Br)c1. The van der Waals surface area contributed by atoms with E-state index < -0.39 is 0 Å². The summed E-state index contributed by atoms with van der Waals surface area (Å²) in [7, 11) is 0. The monoisotopic (exact) mass is 335 g/mol. The van der Waals surface area contributed by atoms with Crippen molar-refractivity contribution >= 4 is 43.5 Å². The van der Waals surface area contributed by atoms with Crippen LogP contribution in [0.1, 0.15) is 19.8 Å². The lowest BCUT2D eigenvalue weighted by Gasteiger charge is -2.07. The Bertz CT molecular complexity index is 357. The number of hydrogen-bond acceptors (Lipinski definition) is 2. The highest BCUT2D eigenvalue weighted by Gasteiger charge is 2.07. The Morgan fingerprint density at radius 1 is 1.40 bits per heavy atom. The zero-order valence-corrected chi connectivity index (χ0v) is 11.4. The number of anilines is 1. The zero-order chi connectivity index (χ0) is 11.4. The highest BCUT2D eigenvalue weighted by Crippen LogP contribution is 2.35. The first-order chi connectivity index (χ1) is 7.04. The number of halogens is 2. The molecule has 0 spiro atoms. The van der Waals surface area contributed by atoms with Gasteiger partial charge in [-0.05, 0) is 50.4 Å². The average Bonchev–Trinajstić information content (AvgIpc) is 2.14. The number of amides is 1. The van der Waals surface area contributed by atoms with Crippen molar-refractivity contribution in [3.63, 3.8) is 0 Å². The third-order valence-corrected chi connectivity index (χ3v) is 2.99. The molecule has 15 heavy (non-hydrogen) atoms. The molecule has 0 saturated carbocycles. The predicted molar refractivity (Wildman–Crippen MR) is 67.0 cm³/mol. The van der Waals surface area contributed by atoms with Crippen LogP contribution in [0.5, 0.6) is 5.75 Å². The number of aromatic hydroxyl groups is 1. The summed E-state index contributed by atoms with van der Waals surface area (Å²) < 4.78 is 1.09. The van der Waals surface area contributed by atoms with Gasteiger partial charge in [0.05, 0.1) is 8.95 Å². The first kappa shape index (κ1) is 12.5. The third kappa shape index (κ3) is 3.50. The first-order valence-corrected chi connectivity index (χ1v) is 6.11. The number of carbonyl (C=O) groups excluding carboxylic acids is 1. The molecular weight excluding hydrogens is 326 g/mol. The Morgan fingerprint density at radius 3 is 2.40 bits per heavy atom. The van der Waals surface area contributed by atoms with Crippen LogP contribution in [0.15, 0.2) is 21.1 Å². The third-order valence-electron chi connectivity index (χ3n) is 1.78. The molecule has 82 valence electrons. The van der Waals surface area contributed by atoms with Gasteiger partial charge in [-0.2, -0.15) is 0 Å². The molecule has 0 heterocycles. The average molecular weight is 337 g/mol. The summed E-state index contributed by atoms with van der Waals surface area (Å²) in [6.07, 6.45) is 1.31. The molecule has 1 rings (SSSR count). The van der Waals surface area contributed by atoms with Gasteiger partial charge in [0, 0.05) is 12.1 Å². The Labute approximate surface area is 105 Å². The molecule has 0 radical (unpaired) electrons. The van der Waals surface area contributed by atoms with Crippen molar-refractivity contribution in [2.24, 2.45) is 0 Å². The Morgan fingerprint density at radius 2 is 1.93 bits per heavy atom. The first-order valence-electron chi connectivity index (χ1n) is 4.52. The Kier molecular flexibility index (Phi) is 4.60. The molecule has 0 aliphatic rings. The highest BCUT2D eigenvalue weighted by molar-refractivity contribution is 9.11. The van der Waals surface area contributed by atoms with Crippen LogP contribution >= 0.6 is 31.9 Å². The summed E-state index contributed by atoms with van der Waals surface area (Å²) in [4.78, 5) is 11.3. The Hall–Kier alpha value is -0.550. The number of phenolic OH excluding ortho intramolecular Hbond substituents is 1. The van der Waals surface area contributed by atoms with E-state index in [1.165, 1.54) is 0 Å². The van der Waals surface area contributed by atoms with Crippen LogP contribution in [-0.2, 0) is 4.79 Å². The van der Waals surface area contributed by atoms with Crippen LogP contribution in [-0.4, -0.2) is 11.0 Å². The summed E-state index contributed by atoms with van der Waals surface area (Å²) in [5.41, 5.74) is 0.657. The van der Waals surface area contributed by atoms with Gasteiger partial charge < -0.3 is 10.4 Å². The summed E-state index contributed by atoms with van der Waals surface area (Å²) >= 11 is 6.39. The van der Waals surface area contributed by atoms with E-state index in [-0.39, 0.29) is 11.7 Å². The van der Waals surface area contributed by atoms with Crippen molar-refractivity contribution in [3.05, 3.63) is 21.1 Å². The van der Waals surface area contributed by atoms with Crippen molar-refractivity contribution < 1.29 is 9.90 Å². The molecule has 5 heteroatoms. The van der Waals surface area contributed by atoms with Crippen LogP contribution in [0.4, 0.5) is 5.69 Å². The number of hydrogen-bond donors (Lipinski definition) is 2. The minimum absolute atomic E-state index is 0.0259. The minimum Gasteiger partial charge on any atom is -0.506 e. The molecule has 1 amide bonds. The van der Waals surface area contributed by atoms with Crippen LogP contribution in [0.3, 0.4) is 0 Å². The van der Waals surface area contributed by atoms with Crippen molar-refractivity contribution in [1.29, 1.82) is 0 Å². The fraction of sp³-hybridized carbons (Fsp3) is 0.300. The maximum atomic E-state index is 11.3. The smallest absolute Gasteiger partial charge is 0.224 e. The van der Waals surface area contributed by atoms with Gasteiger partial charge in [0.15, 0.2) is 0 Å². The van der Waals surface area contributed by atoms with Crippen molar-refractivity contribution in [3.8, 4) is 5.75 Å². The molecule has 1 aromatic rings. The molecule has 0 aliphatic carbocycles. The van der Waals surface area contributed by atoms with Crippen LogP contribution in [0.2, 0.25) is 0 Å². The predicted octanol–water partition coefficient (Wildman–Crippen LogP) is 3.66. The Balaban J connectivity index is 2.83. The van der Waals surface area contributed by atoms with Gasteiger partial charge in [0.2, 0.25) is 5.91 Å². The molecule has 0 saturated heterocycles. The maximum Gasteiger partial charge on any atom is 0.224 e. The molecule has 0 aliphatic heterocycles. The number of rotatable bonds is 3.